The minimum Gasteiger partial charge on any atom is -0.320 e. The maximum atomic E-state index is 6.14. The summed E-state index contributed by atoms with van der Waals surface area (Å²) in [6, 6.07) is 4.26. The summed E-state index contributed by atoms with van der Waals surface area (Å²) >= 11 is 6.92. The van der Waals surface area contributed by atoms with Crippen molar-refractivity contribution in [3.63, 3.8) is 0 Å². The molecule has 0 aliphatic heterocycles. The Hall–Kier alpha value is 0.130. The summed E-state index contributed by atoms with van der Waals surface area (Å²) in [5.74, 6) is 0. The van der Waals surface area contributed by atoms with Gasteiger partial charge in [0.15, 0.2) is 0 Å². The molecular formula is C10H11BrClNS2. The molecule has 0 aliphatic carbocycles. The lowest BCUT2D eigenvalue weighted by atomic mass is 10.1. The largest absolute Gasteiger partial charge is 0.320 e. The highest BCUT2D eigenvalue weighted by Crippen LogP contribution is 2.33. The molecular weight excluding hydrogens is 314 g/mol. The van der Waals surface area contributed by atoms with Crippen molar-refractivity contribution in [1.82, 2.24) is 0 Å². The lowest BCUT2D eigenvalue weighted by Gasteiger charge is -2.05. The molecule has 5 heteroatoms. The van der Waals surface area contributed by atoms with Crippen LogP contribution in [0, 0.1) is 6.92 Å². The van der Waals surface area contributed by atoms with Crippen molar-refractivity contribution in [2.75, 3.05) is 0 Å². The van der Waals surface area contributed by atoms with Crippen LogP contribution in [0.2, 0.25) is 0 Å². The molecule has 1 atom stereocenters. The summed E-state index contributed by atoms with van der Waals surface area (Å²) in [5.41, 5.74) is 8.60. The molecule has 1 nitrogen and oxygen atoms in total. The Kier molecular flexibility index (Phi) is 4.80. The summed E-state index contributed by atoms with van der Waals surface area (Å²) < 4.78 is 1.18. The van der Waals surface area contributed by atoms with Gasteiger partial charge in [-0.15, -0.1) is 23.7 Å². The van der Waals surface area contributed by atoms with E-state index >= 15 is 0 Å². The SMILES string of the molecule is Cc1cc([C@@H](N)c2ccsc2)sc1Br.Cl. The minimum atomic E-state index is 0. The smallest absolute Gasteiger partial charge is 0.0731 e. The molecule has 0 amide bonds. The van der Waals surface area contributed by atoms with Crippen LogP contribution in [0.3, 0.4) is 0 Å². The normalized spacial score (nSPS) is 12.2. The number of hydrogen-bond acceptors (Lipinski definition) is 3. The number of hydrogen-bond donors (Lipinski definition) is 1. The van der Waals surface area contributed by atoms with E-state index < -0.39 is 0 Å². The van der Waals surface area contributed by atoms with Gasteiger partial charge in [-0.2, -0.15) is 11.3 Å². The topological polar surface area (TPSA) is 26.0 Å². The van der Waals surface area contributed by atoms with E-state index in [9.17, 15) is 0 Å². The van der Waals surface area contributed by atoms with E-state index in [1.807, 2.05) is 0 Å². The predicted molar refractivity (Wildman–Crippen MR) is 74.4 cm³/mol. The van der Waals surface area contributed by atoms with Crippen LogP contribution in [0.25, 0.3) is 0 Å². The van der Waals surface area contributed by atoms with Gasteiger partial charge in [-0.05, 0) is 56.9 Å². The molecule has 2 N–H and O–H groups in total. The molecule has 0 aliphatic rings. The standard InChI is InChI=1S/C10H10BrNS2.ClH/c1-6-4-8(14-10(6)11)9(12)7-2-3-13-5-7;/h2-5,9H,12H2,1H3;1H/t9-;/m0./s1. The van der Waals surface area contributed by atoms with Crippen molar-refractivity contribution in [2.45, 2.75) is 13.0 Å². The Morgan fingerprint density at radius 1 is 1.47 bits per heavy atom. The van der Waals surface area contributed by atoms with Crippen LogP contribution in [0.15, 0.2) is 26.7 Å². The number of rotatable bonds is 2. The van der Waals surface area contributed by atoms with E-state index in [-0.39, 0.29) is 18.4 Å². The van der Waals surface area contributed by atoms with Crippen molar-refractivity contribution >= 4 is 51.0 Å². The summed E-state index contributed by atoms with van der Waals surface area (Å²) in [6.07, 6.45) is 0. The lowest BCUT2D eigenvalue weighted by Crippen LogP contribution is -2.08. The fourth-order valence-corrected chi connectivity index (χ4v) is 3.55. The first-order valence-corrected chi connectivity index (χ1v) is 6.77. The highest BCUT2D eigenvalue weighted by Gasteiger charge is 2.13. The highest BCUT2D eigenvalue weighted by atomic mass is 79.9. The first kappa shape index (κ1) is 13.2. The third kappa shape index (κ3) is 2.82. The molecule has 0 aromatic carbocycles. The van der Waals surface area contributed by atoms with Gasteiger partial charge in [0, 0.05) is 4.88 Å². The Morgan fingerprint density at radius 3 is 2.67 bits per heavy atom. The van der Waals surface area contributed by atoms with Gasteiger partial charge in [0.2, 0.25) is 0 Å². The Bertz CT molecular complexity index is 405. The molecule has 2 aromatic heterocycles. The van der Waals surface area contributed by atoms with Crippen LogP contribution < -0.4 is 5.73 Å². The van der Waals surface area contributed by atoms with Crippen molar-refractivity contribution in [3.8, 4) is 0 Å². The van der Waals surface area contributed by atoms with Crippen molar-refractivity contribution in [3.05, 3.63) is 42.7 Å². The Labute approximate surface area is 112 Å². The maximum Gasteiger partial charge on any atom is 0.0731 e. The molecule has 0 unspecified atom stereocenters. The third-order valence-corrected chi connectivity index (χ3v) is 5.01. The van der Waals surface area contributed by atoms with Gasteiger partial charge in [-0.3, -0.25) is 0 Å². The zero-order chi connectivity index (χ0) is 10.1. The van der Waals surface area contributed by atoms with Crippen LogP contribution in [-0.2, 0) is 0 Å². The number of thiophene rings is 2. The molecule has 2 aromatic rings. The quantitative estimate of drug-likeness (QED) is 0.873. The van der Waals surface area contributed by atoms with E-state index in [4.69, 9.17) is 5.73 Å². The van der Waals surface area contributed by atoms with E-state index in [2.05, 4.69) is 45.7 Å². The highest BCUT2D eigenvalue weighted by molar-refractivity contribution is 9.11. The molecule has 0 saturated heterocycles. The minimum absolute atomic E-state index is 0. The molecule has 0 bridgehead atoms. The van der Waals surface area contributed by atoms with Crippen molar-refractivity contribution in [2.24, 2.45) is 5.73 Å². The second kappa shape index (κ2) is 5.46. The molecule has 82 valence electrons. The van der Waals surface area contributed by atoms with Gasteiger partial charge in [-0.1, -0.05) is 0 Å². The van der Waals surface area contributed by atoms with E-state index in [1.165, 1.54) is 19.8 Å². The average molecular weight is 325 g/mol. The van der Waals surface area contributed by atoms with Crippen LogP contribution in [0.5, 0.6) is 0 Å². The summed E-state index contributed by atoms with van der Waals surface area (Å²) in [6.45, 7) is 2.09. The average Bonchev–Trinajstić information content (AvgIpc) is 2.76. The first-order chi connectivity index (χ1) is 6.68. The van der Waals surface area contributed by atoms with E-state index in [1.54, 1.807) is 22.7 Å². The van der Waals surface area contributed by atoms with Crippen LogP contribution in [-0.4, -0.2) is 0 Å². The molecule has 15 heavy (non-hydrogen) atoms. The van der Waals surface area contributed by atoms with Gasteiger partial charge >= 0.3 is 0 Å². The Morgan fingerprint density at radius 2 is 2.20 bits per heavy atom. The van der Waals surface area contributed by atoms with E-state index in [0.29, 0.717) is 0 Å². The number of halogens is 2. The monoisotopic (exact) mass is 323 g/mol. The molecule has 0 fully saturated rings. The number of aryl methyl sites for hydroxylation is 1. The van der Waals surface area contributed by atoms with Gasteiger partial charge in [0.1, 0.15) is 0 Å². The Balaban J connectivity index is 0.00000112. The fourth-order valence-electron chi connectivity index (χ4n) is 1.25. The fraction of sp³-hybridized carbons (Fsp3) is 0.200. The van der Waals surface area contributed by atoms with Gasteiger partial charge in [0.25, 0.3) is 0 Å². The van der Waals surface area contributed by atoms with Crippen LogP contribution >= 0.6 is 51.0 Å². The second-order valence-electron chi connectivity index (χ2n) is 3.14. The predicted octanol–water partition coefficient (Wildman–Crippen LogP) is 4.35. The number of nitrogens with two attached hydrogens (primary N) is 1. The summed E-state index contributed by atoms with van der Waals surface area (Å²) in [7, 11) is 0. The second-order valence-corrected chi connectivity index (χ2v) is 6.32. The maximum absolute atomic E-state index is 6.14. The zero-order valence-electron chi connectivity index (χ0n) is 8.07. The third-order valence-electron chi connectivity index (χ3n) is 2.09. The van der Waals surface area contributed by atoms with Gasteiger partial charge < -0.3 is 5.73 Å². The van der Waals surface area contributed by atoms with Crippen LogP contribution in [0.4, 0.5) is 0 Å². The van der Waals surface area contributed by atoms with Crippen LogP contribution in [0.1, 0.15) is 22.0 Å². The molecule has 2 heterocycles. The van der Waals surface area contributed by atoms with Gasteiger partial charge in [-0.25, -0.2) is 0 Å². The first-order valence-electron chi connectivity index (χ1n) is 4.22. The summed E-state index contributed by atoms with van der Waals surface area (Å²) in [5, 5.41) is 4.17. The summed E-state index contributed by atoms with van der Waals surface area (Å²) in [4.78, 5) is 1.22. The van der Waals surface area contributed by atoms with E-state index in [0.717, 1.165) is 0 Å². The molecule has 0 radical (unpaired) electrons. The van der Waals surface area contributed by atoms with Crippen molar-refractivity contribution < 1.29 is 0 Å². The molecule has 0 saturated carbocycles. The lowest BCUT2D eigenvalue weighted by molar-refractivity contribution is 0.898. The molecule has 2 rings (SSSR count). The molecule has 0 spiro atoms. The zero-order valence-corrected chi connectivity index (χ0v) is 12.1. The van der Waals surface area contributed by atoms with Gasteiger partial charge in [0.05, 0.1) is 9.83 Å². The van der Waals surface area contributed by atoms with Crippen molar-refractivity contribution in [1.29, 1.82) is 0 Å².